The van der Waals surface area contributed by atoms with Crippen LogP contribution in [0.2, 0.25) is 0 Å². The van der Waals surface area contributed by atoms with Gasteiger partial charge in [0.05, 0.1) is 6.10 Å². The molecule has 1 heterocycles. The van der Waals surface area contributed by atoms with Crippen LogP contribution in [-0.4, -0.2) is 47.8 Å². The topological polar surface area (TPSA) is 35.5 Å². The predicted octanol–water partition coefficient (Wildman–Crippen LogP) is 2.39. The van der Waals surface area contributed by atoms with E-state index in [0.717, 1.165) is 24.9 Å². The van der Waals surface area contributed by atoms with Crippen molar-refractivity contribution >= 4 is 0 Å². The van der Waals surface area contributed by atoms with Crippen LogP contribution in [0.15, 0.2) is 0 Å². The number of aliphatic hydroxyl groups excluding tert-OH is 1. The van der Waals surface area contributed by atoms with Gasteiger partial charge < -0.3 is 10.4 Å². The second kappa shape index (κ2) is 6.76. The summed E-state index contributed by atoms with van der Waals surface area (Å²) in [6, 6.07) is 1.42. The Kier molecular flexibility index (Phi) is 5.00. The minimum absolute atomic E-state index is 0.106. The van der Waals surface area contributed by atoms with Crippen molar-refractivity contribution in [2.75, 3.05) is 19.6 Å². The summed E-state index contributed by atoms with van der Waals surface area (Å²) in [7, 11) is 0. The number of aliphatic hydroxyl groups is 1. The van der Waals surface area contributed by atoms with Gasteiger partial charge >= 0.3 is 0 Å². The number of nitrogens with one attached hydrogen (secondary N) is 1. The first-order valence-electron chi connectivity index (χ1n) is 8.91. The summed E-state index contributed by atoms with van der Waals surface area (Å²) in [6.45, 7) is 5.66. The number of hydrogen-bond donors (Lipinski definition) is 2. The van der Waals surface area contributed by atoms with E-state index in [4.69, 9.17) is 0 Å². The third-order valence-corrected chi connectivity index (χ3v) is 5.98. The molecule has 3 atom stereocenters. The first kappa shape index (κ1) is 14.8. The molecule has 0 aromatic rings. The van der Waals surface area contributed by atoms with Gasteiger partial charge in [0.25, 0.3) is 0 Å². The van der Waals surface area contributed by atoms with E-state index in [1.807, 2.05) is 0 Å². The van der Waals surface area contributed by atoms with Gasteiger partial charge in [-0.3, -0.25) is 4.90 Å². The highest BCUT2D eigenvalue weighted by molar-refractivity contribution is 4.92. The maximum atomic E-state index is 10.3. The van der Waals surface area contributed by atoms with Gasteiger partial charge in [-0.2, -0.15) is 0 Å². The molecular formula is C17H32N2O. The number of nitrogens with zero attached hydrogens (tertiary/aromatic N) is 1. The molecule has 0 bridgehead atoms. The molecule has 116 valence electrons. The highest BCUT2D eigenvalue weighted by atomic mass is 16.3. The third kappa shape index (κ3) is 3.37. The van der Waals surface area contributed by atoms with Crippen molar-refractivity contribution in [3.8, 4) is 0 Å². The standard InChI is InChI=1S/C17H32N2O/c1-2-17(20)14-9-15(18-10-13-5-3-6-13)12-19(11-14)16-7-4-8-16/h13-18,20H,2-12H2,1H3. The Hall–Kier alpha value is -0.120. The molecule has 3 heteroatoms. The van der Waals surface area contributed by atoms with Crippen molar-refractivity contribution in [1.82, 2.24) is 10.2 Å². The summed E-state index contributed by atoms with van der Waals surface area (Å²) >= 11 is 0. The Morgan fingerprint density at radius 1 is 1.15 bits per heavy atom. The Balaban J connectivity index is 1.53. The summed E-state index contributed by atoms with van der Waals surface area (Å²) in [5.74, 6) is 1.41. The van der Waals surface area contributed by atoms with Crippen LogP contribution in [0.3, 0.4) is 0 Å². The van der Waals surface area contributed by atoms with Crippen LogP contribution in [0.5, 0.6) is 0 Å². The van der Waals surface area contributed by atoms with E-state index in [2.05, 4.69) is 17.1 Å². The van der Waals surface area contributed by atoms with Gasteiger partial charge in [0.1, 0.15) is 0 Å². The van der Waals surface area contributed by atoms with E-state index in [0.29, 0.717) is 12.0 Å². The van der Waals surface area contributed by atoms with Crippen LogP contribution in [0.1, 0.15) is 58.3 Å². The molecule has 3 nitrogen and oxygen atoms in total. The first-order valence-corrected chi connectivity index (χ1v) is 8.91. The zero-order valence-corrected chi connectivity index (χ0v) is 13.1. The van der Waals surface area contributed by atoms with Gasteiger partial charge in [0.2, 0.25) is 0 Å². The van der Waals surface area contributed by atoms with E-state index < -0.39 is 0 Å². The van der Waals surface area contributed by atoms with E-state index in [-0.39, 0.29) is 6.10 Å². The lowest BCUT2D eigenvalue weighted by atomic mass is 9.82. The zero-order chi connectivity index (χ0) is 13.9. The van der Waals surface area contributed by atoms with Gasteiger partial charge in [0.15, 0.2) is 0 Å². The van der Waals surface area contributed by atoms with E-state index in [9.17, 15) is 5.11 Å². The molecular weight excluding hydrogens is 248 g/mol. The van der Waals surface area contributed by atoms with Crippen molar-refractivity contribution < 1.29 is 5.11 Å². The van der Waals surface area contributed by atoms with Crippen LogP contribution >= 0.6 is 0 Å². The molecule has 3 aliphatic rings. The molecule has 2 aliphatic carbocycles. The lowest BCUT2D eigenvalue weighted by molar-refractivity contribution is 0.00172. The Labute approximate surface area is 124 Å². The van der Waals surface area contributed by atoms with Crippen LogP contribution < -0.4 is 5.32 Å². The molecule has 0 aromatic carbocycles. The fourth-order valence-corrected chi connectivity index (χ4v) is 4.01. The molecule has 0 radical (unpaired) electrons. The van der Waals surface area contributed by atoms with Crippen molar-refractivity contribution in [3.63, 3.8) is 0 Å². The molecule has 0 spiro atoms. The van der Waals surface area contributed by atoms with Crippen molar-refractivity contribution in [3.05, 3.63) is 0 Å². The molecule has 3 rings (SSSR count). The molecule has 2 saturated carbocycles. The minimum atomic E-state index is -0.106. The van der Waals surface area contributed by atoms with Crippen molar-refractivity contribution in [1.29, 1.82) is 0 Å². The minimum Gasteiger partial charge on any atom is -0.393 e. The molecule has 3 fully saturated rings. The monoisotopic (exact) mass is 280 g/mol. The van der Waals surface area contributed by atoms with Gasteiger partial charge in [-0.15, -0.1) is 0 Å². The molecule has 3 unspecified atom stereocenters. The molecule has 1 saturated heterocycles. The smallest absolute Gasteiger partial charge is 0.0578 e. The highest BCUT2D eigenvalue weighted by Crippen LogP contribution is 2.31. The van der Waals surface area contributed by atoms with E-state index in [1.165, 1.54) is 58.0 Å². The first-order chi connectivity index (χ1) is 9.76. The Morgan fingerprint density at radius 2 is 1.90 bits per heavy atom. The highest BCUT2D eigenvalue weighted by Gasteiger charge is 2.36. The van der Waals surface area contributed by atoms with E-state index in [1.54, 1.807) is 0 Å². The Morgan fingerprint density at radius 3 is 2.45 bits per heavy atom. The second-order valence-electron chi connectivity index (χ2n) is 7.41. The second-order valence-corrected chi connectivity index (χ2v) is 7.41. The van der Waals surface area contributed by atoms with Gasteiger partial charge in [-0.25, -0.2) is 0 Å². The molecule has 1 aliphatic heterocycles. The fraction of sp³-hybridized carbons (Fsp3) is 1.00. The number of likely N-dealkylation sites (tertiary alicyclic amines) is 1. The Bertz CT molecular complexity index is 289. The van der Waals surface area contributed by atoms with Crippen molar-refractivity contribution in [2.45, 2.75) is 76.5 Å². The van der Waals surface area contributed by atoms with Gasteiger partial charge in [-0.05, 0) is 56.9 Å². The number of piperidine rings is 1. The van der Waals surface area contributed by atoms with Gasteiger partial charge in [-0.1, -0.05) is 19.8 Å². The lowest BCUT2D eigenvalue weighted by Crippen LogP contribution is -2.56. The summed E-state index contributed by atoms with van der Waals surface area (Å²) in [4.78, 5) is 2.68. The maximum absolute atomic E-state index is 10.3. The van der Waals surface area contributed by atoms with Crippen LogP contribution in [-0.2, 0) is 0 Å². The van der Waals surface area contributed by atoms with E-state index >= 15 is 0 Å². The molecule has 0 aromatic heterocycles. The van der Waals surface area contributed by atoms with Gasteiger partial charge in [0, 0.05) is 25.2 Å². The van der Waals surface area contributed by atoms with Crippen molar-refractivity contribution in [2.24, 2.45) is 11.8 Å². The molecule has 0 amide bonds. The number of rotatable bonds is 6. The molecule has 20 heavy (non-hydrogen) atoms. The average molecular weight is 280 g/mol. The quantitative estimate of drug-likeness (QED) is 0.784. The summed E-state index contributed by atoms with van der Waals surface area (Å²) in [5, 5.41) is 14.1. The van der Waals surface area contributed by atoms with Crippen LogP contribution in [0, 0.1) is 11.8 Å². The SMILES string of the molecule is CCC(O)C1CC(NCC2CCC2)CN(C2CCC2)C1. The maximum Gasteiger partial charge on any atom is 0.0578 e. The lowest BCUT2D eigenvalue weighted by Gasteiger charge is -2.46. The van der Waals surface area contributed by atoms with Crippen LogP contribution in [0.25, 0.3) is 0 Å². The summed E-state index contributed by atoms with van der Waals surface area (Å²) in [6.07, 6.45) is 10.4. The third-order valence-electron chi connectivity index (χ3n) is 5.98. The largest absolute Gasteiger partial charge is 0.393 e. The van der Waals surface area contributed by atoms with Crippen LogP contribution in [0.4, 0.5) is 0 Å². The predicted molar refractivity (Wildman–Crippen MR) is 82.7 cm³/mol. The molecule has 2 N–H and O–H groups in total. The summed E-state index contributed by atoms with van der Waals surface area (Å²) in [5.41, 5.74) is 0. The average Bonchev–Trinajstić information content (AvgIpc) is 2.33. The zero-order valence-electron chi connectivity index (χ0n) is 13.1. The normalized spacial score (nSPS) is 34.5. The summed E-state index contributed by atoms with van der Waals surface area (Å²) < 4.78 is 0. The fourth-order valence-electron chi connectivity index (χ4n) is 4.01. The number of hydrogen-bond acceptors (Lipinski definition) is 3.